The molecule has 1 N–H and O–H groups in total. The van der Waals surface area contributed by atoms with E-state index < -0.39 is 5.41 Å². The maximum atomic E-state index is 13.7. The van der Waals surface area contributed by atoms with Crippen LogP contribution in [-0.2, 0) is 11.2 Å². The van der Waals surface area contributed by atoms with E-state index in [0.717, 1.165) is 36.0 Å². The van der Waals surface area contributed by atoms with Gasteiger partial charge in [-0.15, -0.1) is 0 Å². The van der Waals surface area contributed by atoms with E-state index in [-0.39, 0.29) is 22.9 Å². The van der Waals surface area contributed by atoms with Crippen molar-refractivity contribution < 1.29 is 14.6 Å². The third-order valence-electron chi connectivity index (χ3n) is 7.65. The normalized spacial score (nSPS) is 25.0. The fraction of sp³-hybridized carbons (Fsp3) is 0.423. The molecule has 2 aliphatic rings. The zero-order valence-corrected chi connectivity index (χ0v) is 19.1. The lowest BCUT2D eigenvalue weighted by molar-refractivity contribution is -0.128. The van der Waals surface area contributed by atoms with Gasteiger partial charge in [0.15, 0.2) is 5.78 Å². The van der Waals surface area contributed by atoms with Gasteiger partial charge in [-0.1, -0.05) is 51.4 Å². The maximum Gasteiger partial charge on any atom is 0.173 e. The SMILES string of the molecule is CCc1ccc(Oc2ccc(C)c(Cl)c2)cc1C1=C(O)[C@@H]2CC[C@](C)(C1=O)C2(C)C. The lowest BCUT2D eigenvalue weighted by atomic mass is 9.58. The van der Waals surface area contributed by atoms with Gasteiger partial charge in [-0.05, 0) is 72.6 Å². The zero-order valence-electron chi connectivity index (χ0n) is 18.3. The molecular formula is C26H29ClO3. The van der Waals surface area contributed by atoms with Gasteiger partial charge in [0, 0.05) is 16.4 Å². The molecule has 0 aliphatic heterocycles. The molecule has 0 saturated heterocycles. The third kappa shape index (κ3) is 2.98. The van der Waals surface area contributed by atoms with E-state index in [1.54, 1.807) is 6.07 Å². The molecule has 2 aromatic rings. The summed E-state index contributed by atoms with van der Waals surface area (Å²) in [6.45, 7) is 10.3. The number of ketones is 1. The summed E-state index contributed by atoms with van der Waals surface area (Å²) in [5, 5.41) is 11.8. The van der Waals surface area contributed by atoms with Crippen molar-refractivity contribution in [2.24, 2.45) is 16.7 Å². The molecule has 4 rings (SSSR count). The topological polar surface area (TPSA) is 46.5 Å². The van der Waals surface area contributed by atoms with Gasteiger partial charge in [-0.25, -0.2) is 0 Å². The number of benzene rings is 2. The Hall–Kier alpha value is -2.26. The van der Waals surface area contributed by atoms with Crippen LogP contribution >= 0.6 is 11.6 Å². The van der Waals surface area contributed by atoms with Gasteiger partial charge in [0.25, 0.3) is 0 Å². The molecule has 0 aromatic heterocycles. The molecule has 1 fully saturated rings. The Labute approximate surface area is 183 Å². The van der Waals surface area contributed by atoms with E-state index in [1.807, 2.05) is 37.3 Å². The van der Waals surface area contributed by atoms with Crippen molar-refractivity contribution in [2.75, 3.05) is 0 Å². The fourth-order valence-electron chi connectivity index (χ4n) is 5.15. The number of rotatable bonds is 4. The molecule has 2 aromatic carbocycles. The standard InChI is InChI=1S/C26H29ClO3/c1-6-16-8-10-17(30-18-9-7-15(2)21(27)14-18)13-19(16)22-23(28)20-11-12-26(5,24(22)29)25(20,3)4/h7-10,13-14,20,28H,6,11-12H2,1-5H3/t20-,26+/m0/s1. The van der Waals surface area contributed by atoms with E-state index in [4.69, 9.17) is 16.3 Å². The van der Waals surface area contributed by atoms with Crippen LogP contribution in [0.3, 0.4) is 0 Å². The highest BCUT2D eigenvalue weighted by molar-refractivity contribution is 6.31. The van der Waals surface area contributed by atoms with E-state index in [1.165, 1.54) is 0 Å². The van der Waals surface area contributed by atoms with Gasteiger partial charge in [0.1, 0.15) is 17.3 Å². The summed E-state index contributed by atoms with van der Waals surface area (Å²) in [7, 11) is 0. The monoisotopic (exact) mass is 424 g/mol. The van der Waals surface area contributed by atoms with Gasteiger partial charge in [-0.3, -0.25) is 4.79 Å². The fourth-order valence-corrected chi connectivity index (χ4v) is 5.32. The summed E-state index contributed by atoms with van der Waals surface area (Å²) in [5.41, 5.74) is 2.55. The molecule has 158 valence electrons. The molecule has 30 heavy (non-hydrogen) atoms. The summed E-state index contributed by atoms with van der Waals surface area (Å²) in [4.78, 5) is 13.7. The highest BCUT2D eigenvalue weighted by Gasteiger charge is 2.61. The summed E-state index contributed by atoms with van der Waals surface area (Å²) in [6.07, 6.45) is 2.40. The Bertz CT molecular complexity index is 1070. The lowest BCUT2D eigenvalue weighted by Gasteiger charge is -2.45. The molecular weight excluding hydrogens is 396 g/mol. The number of aliphatic hydroxyl groups excluding tert-OH is 1. The number of aryl methyl sites for hydroxylation is 2. The van der Waals surface area contributed by atoms with Crippen molar-refractivity contribution >= 4 is 23.0 Å². The van der Waals surface area contributed by atoms with Crippen LogP contribution in [0.1, 0.15) is 57.2 Å². The first-order chi connectivity index (χ1) is 14.1. The molecule has 0 spiro atoms. The minimum absolute atomic E-state index is 0.000357. The van der Waals surface area contributed by atoms with Crippen molar-refractivity contribution in [3.8, 4) is 11.5 Å². The largest absolute Gasteiger partial charge is 0.511 e. The molecule has 2 aliphatic carbocycles. The first kappa shape index (κ1) is 21.0. The van der Waals surface area contributed by atoms with Gasteiger partial charge in [0.05, 0.1) is 5.57 Å². The second-order valence-electron chi connectivity index (χ2n) is 9.42. The Morgan fingerprint density at radius 1 is 1.13 bits per heavy atom. The first-order valence-corrected chi connectivity index (χ1v) is 11.0. The van der Waals surface area contributed by atoms with Gasteiger partial charge in [-0.2, -0.15) is 0 Å². The van der Waals surface area contributed by atoms with Crippen LogP contribution in [0.4, 0.5) is 0 Å². The van der Waals surface area contributed by atoms with Crippen molar-refractivity contribution in [3.63, 3.8) is 0 Å². The molecule has 0 unspecified atom stereocenters. The number of fused-ring (bicyclic) bond motifs is 2. The number of carbonyl (C=O) groups is 1. The molecule has 4 heteroatoms. The van der Waals surface area contributed by atoms with Crippen LogP contribution < -0.4 is 4.74 Å². The molecule has 1 saturated carbocycles. The van der Waals surface area contributed by atoms with Crippen LogP contribution in [0, 0.1) is 23.7 Å². The quantitative estimate of drug-likeness (QED) is 0.560. The number of hydrogen-bond acceptors (Lipinski definition) is 3. The van der Waals surface area contributed by atoms with Gasteiger partial charge in [0.2, 0.25) is 0 Å². The average molecular weight is 425 g/mol. The van der Waals surface area contributed by atoms with Crippen molar-refractivity contribution in [3.05, 3.63) is 63.9 Å². The summed E-state index contributed by atoms with van der Waals surface area (Å²) >= 11 is 6.23. The Morgan fingerprint density at radius 2 is 1.80 bits per heavy atom. The number of ether oxygens (including phenoxy) is 1. The summed E-state index contributed by atoms with van der Waals surface area (Å²) in [6, 6.07) is 11.4. The number of hydrogen-bond donors (Lipinski definition) is 1. The number of aliphatic hydroxyl groups is 1. The van der Waals surface area contributed by atoms with Crippen LogP contribution in [0.5, 0.6) is 11.5 Å². The molecule has 3 nitrogen and oxygen atoms in total. The molecule has 2 atom stereocenters. The second-order valence-corrected chi connectivity index (χ2v) is 9.83. The Kier molecular flexibility index (Phi) is 5.01. The highest BCUT2D eigenvalue weighted by atomic mass is 35.5. The number of Topliss-reactive ketones (excluding diaryl/α,β-unsaturated/α-hetero) is 1. The predicted molar refractivity (Wildman–Crippen MR) is 121 cm³/mol. The van der Waals surface area contributed by atoms with E-state index in [9.17, 15) is 9.90 Å². The summed E-state index contributed by atoms with van der Waals surface area (Å²) < 4.78 is 6.05. The minimum Gasteiger partial charge on any atom is -0.511 e. The average Bonchev–Trinajstić information content (AvgIpc) is 2.88. The molecule has 0 heterocycles. The van der Waals surface area contributed by atoms with E-state index >= 15 is 0 Å². The lowest BCUT2D eigenvalue weighted by Crippen LogP contribution is -2.45. The minimum atomic E-state index is -0.467. The molecule has 0 radical (unpaired) electrons. The predicted octanol–water partition coefficient (Wildman–Crippen LogP) is 7.30. The number of carbonyl (C=O) groups excluding carboxylic acids is 1. The highest BCUT2D eigenvalue weighted by Crippen LogP contribution is 2.63. The summed E-state index contributed by atoms with van der Waals surface area (Å²) in [5.74, 6) is 1.55. The smallest absolute Gasteiger partial charge is 0.173 e. The molecule has 0 amide bonds. The second kappa shape index (κ2) is 7.16. The van der Waals surface area contributed by atoms with Crippen molar-refractivity contribution in [1.29, 1.82) is 0 Å². The van der Waals surface area contributed by atoms with E-state index in [2.05, 4.69) is 27.7 Å². The van der Waals surface area contributed by atoms with Crippen molar-refractivity contribution in [2.45, 2.75) is 53.9 Å². The van der Waals surface area contributed by atoms with Crippen LogP contribution in [-0.4, -0.2) is 10.9 Å². The first-order valence-electron chi connectivity index (χ1n) is 10.7. The zero-order chi connectivity index (χ0) is 21.8. The Morgan fingerprint density at radius 3 is 2.47 bits per heavy atom. The van der Waals surface area contributed by atoms with Crippen LogP contribution in [0.2, 0.25) is 5.02 Å². The Balaban J connectivity index is 1.80. The van der Waals surface area contributed by atoms with Crippen LogP contribution in [0.15, 0.2) is 42.2 Å². The van der Waals surface area contributed by atoms with Gasteiger partial charge < -0.3 is 9.84 Å². The van der Waals surface area contributed by atoms with E-state index in [0.29, 0.717) is 22.1 Å². The van der Waals surface area contributed by atoms with Crippen molar-refractivity contribution in [1.82, 2.24) is 0 Å². The third-order valence-corrected chi connectivity index (χ3v) is 8.06. The number of allylic oxidation sites excluding steroid dienone is 2. The van der Waals surface area contributed by atoms with Gasteiger partial charge >= 0.3 is 0 Å². The molecule has 2 bridgehead atoms. The van der Waals surface area contributed by atoms with Crippen LogP contribution in [0.25, 0.3) is 5.57 Å². The number of halogens is 1. The maximum absolute atomic E-state index is 13.7.